The molecular weight excluding hydrogens is 312 g/mol. The zero-order valence-corrected chi connectivity index (χ0v) is 18.0. The van der Waals surface area contributed by atoms with Gasteiger partial charge in [-0.3, -0.25) is 4.79 Å². The summed E-state index contributed by atoms with van der Waals surface area (Å²) in [6, 6.07) is 0. The molecule has 4 atom stereocenters. The number of fused-ring (bicyclic) bond motifs is 1. The van der Waals surface area contributed by atoms with E-state index in [1.54, 1.807) is 0 Å². The minimum absolute atomic E-state index is 0.163. The molecule has 0 radical (unpaired) electrons. The van der Waals surface area contributed by atoms with E-state index in [2.05, 4.69) is 54.3 Å². The van der Waals surface area contributed by atoms with Gasteiger partial charge in [0, 0.05) is 18.9 Å². The standard InChI is InChI=1S/C21H38O2Si/c1-9-10-11-21(6)14-18(22)16-12-20(5,13-17(16)21)15-23-24(7,8)19(2,3)4/h9,16-17H,1,10-15H2,2-8H3/t16-,17+,20+,21+/m0/s1. The first kappa shape index (κ1) is 19.9. The number of Topliss-reactive ketones (excluding diaryl/α,β-unsaturated/α-hetero) is 1. The first-order valence-electron chi connectivity index (χ1n) is 9.61. The molecule has 0 N–H and O–H groups in total. The fourth-order valence-corrected chi connectivity index (χ4v) is 5.70. The third-order valence-corrected chi connectivity index (χ3v) is 11.8. The molecule has 2 rings (SSSR count). The fraction of sp³-hybridized carbons (Fsp3) is 0.857. The van der Waals surface area contributed by atoms with Crippen LogP contribution < -0.4 is 0 Å². The highest BCUT2D eigenvalue weighted by Crippen LogP contribution is 2.60. The van der Waals surface area contributed by atoms with Crippen LogP contribution in [0, 0.1) is 22.7 Å². The van der Waals surface area contributed by atoms with Crippen molar-refractivity contribution in [2.24, 2.45) is 22.7 Å². The van der Waals surface area contributed by atoms with Crippen LogP contribution in [0.4, 0.5) is 0 Å². The van der Waals surface area contributed by atoms with Gasteiger partial charge in [0.05, 0.1) is 0 Å². The summed E-state index contributed by atoms with van der Waals surface area (Å²) in [6.07, 6.45) is 7.06. The minimum Gasteiger partial charge on any atom is -0.416 e. The van der Waals surface area contributed by atoms with Gasteiger partial charge in [-0.1, -0.05) is 40.7 Å². The number of carbonyl (C=O) groups excluding carboxylic acids is 1. The summed E-state index contributed by atoms with van der Waals surface area (Å²) in [5.74, 6) is 1.31. The highest BCUT2D eigenvalue weighted by molar-refractivity contribution is 6.74. The van der Waals surface area contributed by atoms with Crippen molar-refractivity contribution in [2.75, 3.05) is 6.61 Å². The average Bonchev–Trinajstić information content (AvgIpc) is 2.91. The van der Waals surface area contributed by atoms with Crippen molar-refractivity contribution >= 4 is 14.1 Å². The molecule has 138 valence electrons. The Hall–Kier alpha value is -0.413. The second kappa shape index (κ2) is 6.39. The van der Waals surface area contributed by atoms with Crippen LogP contribution in [0.1, 0.15) is 66.7 Å². The molecule has 0 aromatic heterocycles. The Morgan fingerprint density at radius 1 is 1.29 bits per heavy atom. The van der Waals surface area contributed by atoms with E-state index >= 15 is 0 Å². The monoisotopic (exact) mass is 350 g/mol. The van der Waals surface area contributed by atoms with Gasteiger partial charge in [-0.2, -0.15) is 0 Å². The van der Waals surface area contributed by atoms with Crippen LogP contribution in [0.15, 0.2) is 12.7 Å². The number of allylic oxidation sites excluding steroid dienone is 1. The molecule has 0 saturated heterocycles. The predicted molar refractivity (Wildman–Crippen MR) is 105 cm³/mol. The lowest BCUT2D eigenvalue weighted by atomic mass is 9.73. The van der Waals surface area contributed by atoms with Crippen molar-refractivity contribution in [3.05, 3.63) is 12.7 Å². The van der Waals surface area contributed by atoms with Gasteiger partial charge in [0.2, 0.25) is 0 Å². The number of hydrogen-bond acceptors (Lipinski definition) is 2. The summed E-state index contributed by atoms with van der Waals surface area (Å²) < 4.78 is 6.54. The van der Waals surface area contributed by atoms with E-state index in [-0.39, 0.29) is 21.8 Å². The molecule has 2 aliphatic rings. The van der Waals surface area contributed by atoms with Gasteiger partial charge in [-0.05, 0) is 60.6 Å². The summed E-state index contributed by atoms with van der Waals surface area (Å²) >= 11 is 0. The fourth-order valence-electron chi connectivity index (χ4n) is 4.55. The molecule has 0 unspecified atom stereocenters. The molecule has 0 aliphatic heterocycles. The van der Waals surface area contributed by atoms with E-state index in [1.807, 2.05) is 6.08 Å². The maximum Gasteiger partial charge on any atom is 0.192 e. The minimum atomic E-state index is -1.73. The SMILES string of the molecule is C=CCC[C@]1(C)CC(=O)[C@H]2C[C@@](C)(CO[Si](C)(C)C(C)(C)C)C[C@H]21. The van der Waals surface area contributed by atoms with E-state index < -0.39 is 8.32 Å². The lowest BCUT2D eigenvalue weighted by Gasteiger charge is -2.39. The second-order valence-electron chi connectivity index (χ2n) is 10.6. The third kappa shape index (κ3) is 3.72. The van der Waals surface area contributed by atoms with Crippen molar-refractivity contribution in [1.82, 2.24) is 0 Å². The Morgan fingerprint density at radius 3 is 2.46 bits per heavy atom. The second-order valence-corrected chi connectivity index (χ2v) is 15.4. The van der Waals surface area contributed by atoms with Gasteiger partial charge in [-0.25, -0.2) is 0 Å². The van der Waals surface area contributed by atoms with Crippen molar-refractivity contribution in [2.45, 2.75) is 84.9 Å². The number of hydrogen-bond donors (Lipinski definition) is 0. The quantitative estimate of drug-likeness (QED) is 0.434. The maximum atomic E-state index is 12.6. The molecule has 0 bridgehead atoms. The van der Waals surface area contributed by atoms with E-state index in [4.69, 9.17) is 4.43 Å². The van der Waals surface area contributed by atoms with Crippen molar-refractivity contribution < 1.29 is 9.22 Å². The average molecular weight is 351 g/mol. The van der Waals surface area contributed by atoms with Gasteiger partial charge in [0.15, 0.2) is 8.32 Å². The number of carbonyl (C=O) groups is 1. The molecule has 2 nitrogen and oxygen atoms in total. The van der Waals surface area contributed by atoms with Crippen LogP contribution in [-0.4, -0.2) is 20.7 Å². The molecule has 0 spiro atoms. The van der Waals surface area contributed by atoms with Crippen LogP contribution in [-0.2, 0) is 9.22 Å². The largest absolute Gasteiger partial charge is 0.416 e. The molecule has 2 fully saturated rings. The third-order valence-electron chi connectivity index (χ3n) is 7.31. The topological polar surface area (TPSA) is 26.3 Å². The summed E-state index contributed by atoms with van der Waals surface area (Å²) in [5, 5.41) is 0.242. The predicted octanol–water partition coefficient (Wildman–Crippen LogP) is 5.99. The normalized spacial score (nSPS) is 36.9. The number of rotatable bonds is 6. The van der Waals surface area contributed by atoms with E-state index in [1.165, 1.54) is 0 Å². The Labute approximate surface area is 150 Å². The molecule has 3 heteroatoms. The van der Waals surface area contributed by atoms with Crippen LogP contribution in [0.25, 0.3) is 0 Å². The van der Waals surface area contributed by atoms with E-state index in [0.717, 1.165) is 38.7 Å². The van der Waals surface area contributed by atoms with Gasteiger partial charge in [0.25, 0.3) is 0 Å². The summed E-state index contributed by atoms with van der Waals surface area (Å²) in [6.45, 7) is 20.9. The molecule has 0 aromatic carbocycles. The van der Waals surface area contributed by atoms with Gasteiger partial charge in [0.1, 0.15) is 5.78 Å². The van der Waals surface area contributed by atoms with Crippen LogP contribution >= 0.6 is 0 Å². The summed E-state index contributed by atoms with van der Waals surface area (Å²) in [5.41, 5.74) is 0.334. The molecule has 0 heterocycles. The van der Waals surface area contributed by atoms with Crippen LogP contribution in [0.2, 0.25) is 18.1 Å². The lowest BCUT2D eigenvalue weighted by Crippen LogP contribution is -2.43. The lowest BCUT2D eigenvalue weighted by molar-refractivity contribution is -0.121. The molecule has 0 aromatic rings. The zero-order chi connectivity index (χ0) is 18.4. The molecule has 0 amide bonds. The molecule has 24 heavy (non-hydrogen) atoms. The Kier molecular flexibility index (Phi) is 5.30. The van der Waals surface area contributed by atoms with E-state index in [0.29, 0.717) is 11.7 Å². The maximum absolute atomic E-state index is 12.6. The van der Waals surface area contributed by atoms with Crippen LogP contribution in [0.5, 0.6) is 0 Å². The van der Waals surface area contributed by atoms with Gasteiger partial charge < -0.3 is 4.43 Å². The Morgan fingerprint density at radius 2 is 1.92 bits per heavy atom. The van der Waals surface area contributed by atoms with Crippen molar-refractivity contribution in [1.29, 1.82) is 0 Å². The summed E-state index contributed by atoms with van der Waals surface area (Å²) in [4.78, 5) is 12.6. The molecule has 2 saturated carbocycles. The highest BCUT2D eigenvalue weighted by atomic mass is 28.4. The van der Waals surface area contributed by atoms with Crippen molar-refractivity contribution in [3.8, 4) is 0 Å². The summed E-state index contributed by atoms with van der Waals surface area (Å²) in [7, 11) is -1.73. The van der Waals surface area contributed by atoms with E-state index in [9.17, 15) is 4.79 Å². The highest BCUT2D eigenvalue weighted by Gasteiger charge is 2.57. The molecular formula is C21H38O2Si. The van der Waals surface area contributed by atoms with Gasteiger partial charge >= 0.3 is 0 Å². The first-order valence-corrected chi connectivity index (χ1v) is 12.5. The first-order chi connectivity index (χ1) is 10.8. The van der Waals surface area contributed by atoms with Gasteiger partial charge in [-0.15, -0.1) is 6.58 Å². The zero-order valence-electron chi connectivity index (χ0n) is 17.0. The molecule has 2 aliphatic carbocycles. The van der Waals surface area contributed by atoms with Crippen molar-refractivity contribution in [3.63, 3.8) is 0 Å². The smallest absolute Gasteiger partial charge is 0.192 e. The Bertz CT molecular complexity index is 504. The number of ketones is 1. The Balaban J connectivity index is 2.08. The van der Waals surface area contributed by atoms with Crippen LogP contribution in [0.3, 0.4) is 0 Å².